The highest BCUT2D eigenvalue weighted by Crippen LogP contribution is 2.34. The highest BCUT2D eigenvalue weighted by molar-refractivity contribution is 6.52. The number of Topliss-reactive ketones (excluding diaryl/α,β-unsaturated/α-hetero) is 1. The van der Waals surface area contributed by atoms with Gasteiger partial charge in [-0.1, -0.05) is 35.5 Å². The van der Waals surface area contributed by atoms with E-state index in [1.165, 1.54) is 12.1 Å². The van der Waals surface area contributed by atoms with E-state index in [-0.39, 0.29) is 11.4 Å². The summed E-state index contributed by atoms with van der Waals surface area (Å²) in [5.41, 5.74) is 0.478. The molecule has 1 fully saturated rings. The van der Waals surface area contributed by atoms with Crippen molar-refractivity contribution in [1.82, 2.24) is 0 Å². The number of carbonyl (C=O) groups excluding carboxylic acids is 3. The Kier molecular flexibility index (Phi) is 3.42. The minimum absolute atomic E-state index is 0.0980. The van der Waals surface area contributed by atoms with Crippen molar-refractivity contribution >= 4 is 29.0 Å². The maximum atomic E-state index is 13.1. The van der Waals surface area contributed by atoms with Crippen molar-refractivity contribution in [3.63, 3.8) is 0 Å². The number of nitrogens with zero attached hydrogens (tertiary/aromatic N) is 2. The second-order valence-electron chi connectivity index (χ2n) is 5.66. The number of oxime groups is 1. The molecule has 2 aromatic carbocycles. The number of amides is 2. The number of anilines is 1. The maximum Gasteiger partial charge on any atom is 0.278 e. The molecule has 0 radical (unpaired) electrons. The van der Waals surface area contributed by atoms with Gasteiger partial charge in [-0.15, -0.1) is 0 Å². The largest absolute Gasteiger partial charge is 0.381 e. The molecule has 2 aromatic rings. The number of hydrogen-bond donors (Lipinski definition) is 0. The summed E-state index contributed by atoms with van der Waals surface area (Å²) in [5, 5.41) is 3.68. The normalized spacial score (nSPS) is 21.8. The van der Waals surface area contributed by atoms with Crippen LogP contribution in [0.2, 0.25) is 0 Å². The summed E-state index contributed by atoms with van der Waals surface area (Å²) in [4.78, 5) is 43.8. The van der Waals surface area contributed by atoms with Crippen molar-refractivity contribution in [1.29, 1.82) is 0 Å². The second kappa shape index (κ2) is 5.62. The molecule has 6 nitrogen and oxygen atoms in total. The molecular formula is C18H11FN2O4. The fourth-order valence-corrected chi connectivity index (χ4v) is 2.95. The minimum atomic E-state index is -1.17. The molecular weight excluding hydrogens is 327 g/mol. The van der Waals surface area contributed by atoms with Crippen molar-refractivity contribution in [2.75, 3.05) is 4.90 Å². The van der Waals surface area contributed by atoms with E-state index in [4.69, 9.17) is 4.84 Å². The predicted molar refractivity (Wildman–Crippen MR) is 85.5 cm³/mol. The van der Waals surface area contributed by atoms with Crippen LogP contribution in [-0.2, 0) is 14.4 Å². The highest BCUT2D eigenvalue weighted by Gasteiger charge is 2.57. The van der Waals surface area contributed by atoms with Crippen LogP contribution in [-0.4, -0.2) is 29.4 Å². The molecule has 1 saturated heterocycles. The van der Waals surface area contributed by atoms with Crippen LogP contribution in [0.3, 0.4) is 0 Å². The second-order valence-corrected chi connectivity index (χ2v) is 5.66. The van der Waals surface area contributed by atoms with Gasteiger partial charge in [0.2, 0.25) is 17.8 Å². The third kappa shape index (κ3) is 2.32. The topological polar surface area (TPSA) is 76.0 Å². The molecule has 2 aliphatic rings. The molecule has 7 heteroatoms. The molecule has 2 amide bonds. The first-order valence-electron chi connectivity index (χ1n) is 7.55. The standard InChI is InChI=1S/C18H11FN2O4/c19-11-6-8-12(9-7-11)21-17(23)13-14(20-25-16(13)18(21)24)15(22)10-4-2-1-3-5-10/h1-9,13,16H/t13-,16+/m1/s1. The number of halogens is 1. The summed E-state index contributed by atoms with van der Waals surface area (Å²) < 4.78 is 13.1. The fourth-order valence-electron chi connectivity index (χ4n) is 2.95. The van der Waals surface area contributed by atoms with Crippen LogP contribution in [0, 0.1) is 11.7 Å². The minimum Gasteiger partial charge on any atom is -0.381 e. The third-order valence-corrected chi connectivity index (χ3v) is 4.17. The Bertz CT molecular complexity index is 908. The van der Waals surface area contributed by atoms with E-state index in [9.17, 15) is 18.8 Å². The van der Waals surface area contributed by atoms with Crippen LogP contribution in [0.5, 0.6) is 0 Å². The maximum absolute atomic E-state index is 13.1. The number of benzene rings is 2. The monoisotopic (exact) mass is 338 g/mol. The molecule has 2 heterocycles. The number of ketones is 1. The van der Waals surface area contributed by atoms with E-state index in [1.807, 2.05) is 0 Å². The van der Waals surface area contributed by atoms with E-state index in [2.05, 4.69) is 5.16 Å². The molecule has 0 saturated carbocycles. The number of fused-ring (bicyclic) bond motifs is 1. The highest BCUT2D eigenvalue weighted by atomic mass is 19.1. The lowest BCUT2D eigenvalue weighted by Crippen LogP contribution is -2.34. The van der Waals surface area contributed by atoms with E-state index < -0.39 is 35.4 Å². The lowest BCUT2D eigenvalue weighted by atomic mass is 9.93. The Morgan fingerprint density at radius 1 is 1.00 bits per heavy atom. The van der Waals surface area contributed by atoms with Crippen LogP contribution in [0.15, 0.2) is 59.8 Å². The SMILES string of the molecule is O=C(C1=NO[C@@H]2C(=O)N(c3ccc(F)cc3)C(=O)[C@H]12)c1ccccc1. The molecule has 0 aliphatic carbocycles. The summed E-state index contributed by atoms with van der Waals surface area (Å²) in [7, 11) is 0. The van der Waals surface area contributed by atoms with Crippen molar-refractivity contribution < 1.29 is 23.6 Å². The van der Waals surface area contributed by atoms with Crippen LogP contribution in [0.25, 0.3) is 0 Å². The molecule has 0 aromatic heterocycles. The van der Waals surface area contributed by atoms with Gasteiger partial charge in [0.25, 0.3) is 5.91 Å². The Morgan fingerprint density at radius 3 is 2.36 bits per heavy atom. The van der Waals surface area contributed by atoms with Crippen LogP contribution in [0.4, 0.5) is 10.1 Å². The average Bonchev–Trinajstić information content (AvgIpc) is 3.17. The molecule has 124 valence electrons. The zero-order valence-electron chi connectivity index (χ0n) is 12.8. The number of rotatable bonds is 3. The van der Waals surface area contributed by atoms with Crippen LogP contribution >= 0.6 is 0 Å². The van der Waals surface area contributed by atoms with Crippen molar-refractivity contribution in [2.45, 2.75) is 6.10 Å². The van der Waals surface area contributed by atoms with E-state index in [0.717, 1.165) is 17.0 Å². The van der Waals surface area contributed by atoms with E-state index in [0.29, 0.717) is 5.56 Å². The Hall–Kier alpha value is -3.35. The first kappa shape index (κ1) is 15.2. The molecule has 2 aliphatic heterocycles. The predicted octanol–water partition coefficient (Wildman–Crippen LogP) is 1.95. The number of hydrogen-bond acceptors (Lipinski definition) is 5. The van der Waals surface area contributed by atoms with Gasteiger partial charge in [-0.05, 0) is 24.3 Å². The van der Waals surface area contributed by atoms with Gasteiger partial charge in [0.1, 0.15) is 17.4 Å². The molecule has 25 heavy (non-hydrogen) atoms. The summed E-state index contributed by atoms with van der Waals surface area (Å²) in [5.74, 6) is -3.27. The van der Waals surface area contributed by atoms with Crippen molar-refractivity contribution in [3.05, 3.63) is 66.0 Å². The van der Waals surface area contributed by atoms with Gasteiger partial charge in [-0.2, -0.15) is 0 Å². The summed E-state index contributed by atoms with van der Waals surface area (Å²) in [6.07, 6.45) is -1.17. The van der Waals surface area contributed by atoms with E-state index in [1.54, 1.807) is 30.3 Å². The van der Waals surface area contributed by atoms with Gasteiger partial charge in [-0.3, -0.25) is 14.4 Å². The summed E-state index contributed by atoms with van der Waals surface area (Å²) >= 11 is 0. The molecule has 2 atom stereocenters. The molecule has 0 N–H and O–H groups in total. The van der Waals surface area contributed by atoms with Gasteiger partial charge in [0.05, 0.1) is 5.69 Å². The Morgan fingerprint density at radius 2 is 1.68 bits per heavy atom. The molecule has 0 spiro atoms. The third-order valence-electron chi connectivity index (χ3n) is 4.17. The zero-order chi connectivity index (χ0) is 17.6. The zero-order valence-corrected chi connectivity index (χ0v) is 12.8. The average molecular weight is 338 g/mol. The van der Waals surface area contributed by atoms with E-state index >= 15 is 0 Å². The van der Waals surface area contributed by atoms with Gasteiger partial charge in [0.15, 0.2) is 0 Å². The van der Waals surface area contributed by atoms with Crippen molar-refractivity contribution in [3.8, 4) is 0 Å². The summed E-state index contributed by atoms with van der Waals surface area (Å²) in [6, 6.07) is 13.3. The molecule has 4 rings (SSSR count). The first-order chi connectivity index (χ1) is 12.1. The van der Waals surface area contributed by atoms with Gasteiger partial charge < -0.3 is 4.84 Å². The smallest absolute Gasteiger partial charge is 0.278 e. The quantitative estimate of drug-likeness (QED) is 0.633. The first-order valence-corrected chi connectivity index (χ1v) is 7.55. The molecule has 0 unspecified atom stereocenters. The summed E-state index contributed by atoms with van der Waals surface area (Å²) in [6.45, 7) is 0. The molecule has 0 bridgehead atoms. The Labute approximate surface area is 141 Å². The van der Waals surface area contributed by atoms with Gasteiger partial charge in [0, 0.05) is 5.56 Å². The van der Waals surface area contributed by atoms with Crippen LogP contribution in [0.1, 0.15) is 10.4 Å². The van der Waals surface area contributed by atoms with Gasteiger partial charge >= 0.3 is 0 Å². The number of carbonyl (C=O) groups is 3. The number of imide groups is 1. The van der Waals surface area contributed by atoms with Gasteiger partial charge in [-0.25, -0.2) is 9.29 Å². The fraction of sp³-hybridized carbons (Fsp3) is 0.111. The Balaban J connectivity index is 1.67. The lowest BCUT2D eigenvalue weighted by molar-refractivity contribution is -0.126. The van der Waals surface area contributed by atoms with Crippen LogP contribution < -0.4 is 4.90 Å². The lowest BCUT2D eigenvalue weighted by Gasteiger charge is -2.15. The van der Waals surface area contributed by atoms with Crippen molar-refractivity contribution in [2.24, 2.45) is 11.1 Å².